The number of nitrogens with two attached hydrogens (primary N) is 1. The smallest absolute Gasteiger partial charge is 0.251 e. The maximum atomic E-state index is 12.9. The second kappa shape index (κ2) is 9.56. The minimum Gasteiger partial charge on any atom is -0.366 e. The van der Waals surface area contributed by atoms with Crippen molar-refractivity contribution in [1.29, 1.82) is 0 Å². The van der Waals surface area contributed by atoms with E-state index in [9.17, 15) is 9.59 Å². The number of amides is 2. The van der Waals surface area contributed by atoms with Crippen LogP contribution in [0.2, 0.25) is 0 Å². The fraction of sp³-hybridized carbons (Fsp3) is 0.231. The van der Waals surface area contributed by atoms with Gasteiger partial charge in [-0.2, -0.15) is 0 Å². The number of primary amides is 1. The van der Waals surface area contributed by atoms with Gasteiger partial charge in [0.1, 0.15) is 10.0 Å². The molecule has 34 heavy (non-hydrogen) atoms. The van der Waals surface area contributed by atoms with E-state index < -0.39 is 11.2 Å². The highest BCUT2D eigenvalue weighted by Gasteiger charge is 2.22. The van der Waals surface area contributed by atoms with E-state index in [4.69, 9.17) is 10.7 Å². The Labute approximate surface area is 207 Å². The SMILES string of the molecule is Cc1ccc2nc(-c3ccc(NC(=O)[C@@H](C)Sc4nc(C)c(C)c(C)c4C(N)=O)cc3)sc2c1. The molecule has 0 unspecified atom stereocenters. The van der Waals surface area contributed by atoms with Gasteiger partial charge in [-0.1, -0.05) is 17.8 Å². The normalized spacial score (nSPS) is 12.0. The van der Waals surface area contributed by atoms with Gasteiger partial charge in [0.25, 0.3) is 5.91 Å². The lowest BCUT2D eigenvalue weighted by molar-refractivity contribution is -0.115. The van der Waals surface area contributed by atoms with Crippen LogP contribution < -0.4 is 11.1 Å². The first-order valence-corrected chi connectivity index (χ1v) is 12.6. The van der Waals surface area contributed by atoms with Crippen molar-refractivity contribution in [3.8, 4) is 10.6 Å². The number of pyridine rings is 1. The van der Waals surface area contributed by atoms with Gasteiger partial charge in [0.05, 0.1) is 21.0 Å². The van der Waals surface area contributed by atoms with Crippen molar-refractivity contribution in [2.24, 2.45) is 5.73 Å². The summed E-state index contributed by atoms with van der Waals surface area (Å²) in [5, 5.41) is 3.90. The summed E-state index contributed by atoms with van der Waals surface area (Å²) in [4.78, 5) is 34.1. The molecule has 0 aliphatic heterocycles. The van der Waals surface area contributed by atoms with E-state index in [1.807, 2.05) is 51.1 Å². The zero-order valence-corrected chi connectivity index (χ0v) is 21.4. The molecule has 0 aliphatic rings. The summed E-state index contributed by atoms with van der Waals surface area (Å²) in [6.45, 7) is 9.51. The number of nitrogens with zero attached hydrogens (tertiary/aromatic N) is 2. The first-order chi connectivity index (χ1) is 16.1. The quantitative estimate of drug-likeness (QED) is 0.332. The van der Waals surface area contributed by atoms with Crippen LogP contribution in [0.3, 0.4) is 0 Å². The number of rotatable bonds is 6. The zero-order chi connectivity index (χ0) is 24.6. The van der Waals surface area contributed by atoms with Crippen LogP contribution in [0.4, 0.5) is 5.69 Å². The van der Waals surface area contributed by atoms with Crippen molar-refractivity contribution in [1.82, 2.24) is 9.97 Å². The highest BCUT2D eigenvalue weighted by atomic mass is 32.2. The summed E-state index contributed by atoms with van der Waals surface area (Å²) in [5.41, 5.74) is 12.4. The summed E-state index contributed by atoms with van der Waals surface area (Å²) in [7, 11) is 0. The van der Waals surface area contributed by atoms with Crippen LogP contribution >= 0.6 is 23.1 Å². The minimum atomic E-state index is -0.538. The number of carbonyl (C=O) groups is 2. The summed E-state index contributed by atoms with van der Waals surface area (Å²) < 4.78 is 1.16. The van der Waals surface area contributed by atoms with Crippen molar-refractivity contribution >= 4 is 50.8 Å². The van der Waals surface area contributed by atoms with Gasteiger partial charge in [-0.05, 0) is 87.7 Å². The molecule has 0 aliphatic carbocycles. The molecule has 0 saturated heterocycles. The van der Waals surface area contributed by atoms with E-state index in [0.29, 0.717) is 16.3 Å². The predicted octanol–water partition coefficient (Wildman–Crippen LogP) is 5.81. The van der Waals surface area contributed by atoms with E-state index in [1.54, 1.807) is 18.3 Å². The maximum absolute atomic E-state index is 12.9. The fourth-order valence-corrected chi connectivity index (χ4v) is 5.73. The number of benzene rings is 2. The zero-order valence-electron chi connectivity index (χ0n) is 19.7. The summed E-state index contributed by atoms with van der Waals surface area (Å²) in [6.07, 6.45) is 0. The second-order valence-electron chi connectivity index (χ2n) is 8.31. The van der Waals surface area contributed by atoms with Crippen molar-refractivity contribution in [3.05, 3.63) is 70.4 Å². The third kappa shape index (κ3) is 4.83. The molecule has 1 atom stereocenters. The van der Waals surface area contributed by atoms with Crippen LogP contribution in [0.5, 0.6) is 0 Å². The lowest BCUT2D eigenvalue weighted by Gasteiger charge is -2.16. The number of anilines is 1. The molecule has 2 amide bonds. The molecule has 0 bridgehead atoms. The molecule has 174 valence electrons. The number of nitrogens with one attached hydrogen (secondary N) is 1. The molecule has 2 aromatic heterocycles. The first-order valence-electron chi connectivity index (χ1n) is 10.9. The topological polar surface area (TPSA) is 98.0 Å². The largest absolute Gasteiger partial charge is 0.366 e. The average molecular weight is 491 g/mol. The van der Waals surface area contributed by atoms with Gasteiger partial charge in [0.2, 0.25) is 5.91 Å². The Kier molecular flexibility index (Phi) is 6.72. The molecular formula is C26H26N4O2S2. The molecule has 4 rings (SSSR count). The molecule has 0 radical (unpaired) electrons. The van der Waals surface area contributed by atoms with E-state index >= 15 is 0 Å². The standard InChI is InChI=1S/C26H26N4O2S2/c1-13-6-11-20-21(12-13)34-25(30-20)18-7-9-19(10-8-18)29-24(32)17(5)33-26-22(23(27)31)15(3)14(2)16(4)28-26/h6-12,17H,1-5H3,(H2,27,31)(H,29,32)/t17-/m1/s1. The Morgan fingerprint density at radius 3 is 2.38 bits per heavy atom. The van der Waals surface area contributed by atoms with Crippen LogP contribution in [0.15, 0.2) is 47.5 Å². The van der Waals surface area contributed by atoms with Crippen LogP contribution in [0.1, 0.15) is 39.7 Å². The van der Waals surface area contributed by atoms with Gasteiger partial charge in [-0.3, -0.25) is 9.59 Å². The lowest BCUT2D eigenvalue weighted by Crippen LogP contribution is -2.24. The molecule has 4 aromatic rings. The van der Waals surface area contributed by atoms with Crippen LogP contribution in [0, 0.1) is 27.7 Å². The second-order valence-corrected chi connectivity index (χ2v) is 10.7. The van der Waals surface area contributed by atoms with Gasteiger partial charge >= 0.3 is 0 Å². The Balaban J connectivity index is 1.48. The van der Waals surface area contributed by atoms with Gasteiger partial charge in [0.15, 0.2) is 0 Å². The lowest BCUT2D eigenvalue weighted by atomic mass is 10.0. The monoisotopic (exact) mass is 490 g/mol. The third-order valence-electron chi connectivity index (χ3n) is 5.81. The van der Waals surface area contributed by atoms with Gasteiger partial charge in [-0.25, -0.2) is 9.97 Å². The number of aromatic nitrogens is 2. The number of hydrogen-bond donors (Lipinski definition) is 2. The molecule has 8 heteroatoms. The van der Waals surface area contributed by atoms with Crippen molar-refractivity contribution in [2.75, 3.05) is 5.32 Å². The van der Waals surface area contributed by atoms with Crippen molar-refractivity contribution in [2.45, 2.75) is 44.9 Å². The Morgan fingerprint density at radius 2 is 1.71 bits per heavy atom. The van der Waals surface area contributed by atoms with E-state index in [1.165, 1.54) is 17.3 Å². The Hall–Kier alpha value is -3.23. The molecule has 0 spiro atoms. The van der Waals surface area contributed by atoms with E-state index in [0.717, 1.165) is 37.6 Å². The summed E-state index contributed by atoms with van der Waals surface area (Å²) >= 11 is 2.88. The van der Waals surface area contributed by atoms with Crippen molar-refractivity contribution in [3.63, 3.8) is 0 Å². The Morgan fingerprint density at radius 1 is 1.00 bits per heavy atom. The maximum Gasteiger partial charge on any atom is 0.251 e. The van der Waals surface area contributed by atoms with Crippen LogP contribution in [-0.2, 0) is 4.79 Å². The molecule has 0 fully saturated rings. The van der Waals surface area contributed by atoms with Crippen molar-refractivity contribution < 1.29 is 9.59 Å². The van der Waals surface area contributed by atoms with Crippen LogP contribution in [0.25, 0.3) is 20.8 Å². The molecule has 2 aromatic carbocycles. The fourth-order valence-electron chi connectivity index (χ4n) is 3.60. The van der Waals surface area contributed by atoms with E-state index in [-0.39, 0.29) is 5.91 Å². The molecule has 6 nitrogen and oxygen atoms in total. The molecular weight excluding hydrogens is 464 g/mol. The molecule has 0 saturated carbocycles. The van der Waals surface area contributed by atoms with E-state index in [2.05, 4.69) is 29.4 Å². The number of thioether (sulfide) groups is 1. The number of hydrogen-bond acceptors (Lipinski definition) is 6. The van der Waals surface area contributed by atoms with Crippen LogP contribution in [-0.4, -0.2) is 27.0 Å². The number of thiazole rings is 1. The van der Waals surface area contributed by atoms with Gasteiger partial charge < -0.3 is 11.1 Å². The highest BCUT2D eigenvalue weighted by molar-refractivity contribution is 8.00. The van der Waals surface area contributed by atoms with Gasteiger partial charge in [-0.15, -0.1) is 11.3 Å². The molecule has 3 N–H and O–H groups in total. The number of carbonyl (C=O) groups excluding carboxylic acids is 2. The highest BCUT2D eigenvalue weighted by Crippen LogP contribution is 2.32. The minimum absolute atomic E-state index is 0.179. The average Bonchev–Trinajstić information content (AvgIpc) is 3.21. The molecule has 2 heterocycles. The Bertz CT molecular complexity index is 1410. The third-order valence-corrected chi connectivity index (χ3v) is 7.96. The number of aryl methyl sites for hydroxylation is 2. The van der Waals surface area contributed by atoms with Gasteiger partial charge in [0, 0.05) is 16.9 Å². The first kappa shape index (κ1) is 23.9. The summed E-state index contributed by atoms with van der Waals surface area (Å²) in [6, 6.07) is 13.9. The summed E-state index contributed by atoms with van der Waals surface area (Å²) in [5.74, 6) is -0.717. The predicted molar refractivity (Wildman–Crippen MR) is 141 cm³/mol. The number of fused-ring (bicyclic) bond motifs is 1.